The Morgan fingerprint density at radius 1 is 1.19 bits per heavy atom. The number of Topliss-reactive ketones (excluding diaryl/α,β-unsaturated/α-hetero) is 1. The zero-order chi connectivity index (χ0) is 15.7. The van der Waals surface area contributed by atoms with E-state index in [-0.39, 0.29) is 24.8 Å². The minimum Gasteiger partial charge on any atom is -0.458 e. The van der Waals surface area contributed by atoms with Gasteiger partial charge < -0.3 is 20.1 Å². The summed E-state index contributed by atoms with van der Waals surface area (Å²) >= 11 is 0. The molecule has 0 radical (unpaired) electrons. The Balaban J connectivity index is 2.55. The van der Waals surface area contributed by atoms with E-state index in [2.05, 4.69) is 0 Å². The molecule has 0 unspecified atom stereocenters. The van der Waals surface area contributed by atoms with Crippen molar-refractivity contribution in [2.75, 3.05) is 44.0 Å². The fourth-order valence-electron chi connectivity index (χ4n) is 1.74. The molecular weight excluding hydrogens is 272 g/mol. The average molecular weight is 294 g/mol. The summed E-state index contributed by atoms with van der Waals surface area (Å²) in [6, 6.07) is 7.41. The Labute approximate surface area is 124 Å². The second-order valence-corrected chi connectivity index (χ2v) is 4.68. The highest BCUT2D eigenvalue weighted by molar-refractivity contribution is 5.80. The number of rotatable bonds is 9. The van der Waals surface area contributed by atoms with Gasteiger partial charge in [0.05, 0.1) is 13.0 Å². The summed E-state index contributed by atoms with van der Waals surface area (Å²) in [7, 11) is 1.63. The fraction of sp³-hybridized carbons (Fsp3) is 0.467. The molecule has 0 fully saturated rings. The molecule has 1 rings (SSSR count). The van der Waals surface area contributed by atoms with Crippen LogP contribution in [0.3, 0.4) is 0 Å². The van der Waals surface area contributed by atoms with Gasteiger partial charge in [-0.2, -0.15) is 0 Å². The first-order valence-electron chi connectivity index (χ1n) is 6.77. The summed E-state index contributed by atoms with van der Waals surface area (Å²) in [5.41, 5.74) is 7.31. The van der Waals surface area contributed by atoms with Crippen molar-refractivity contribution in [1.82, 2.24) is 0 Å². The van der Waals surface area contributed by atoms with Crippen molar-refractivity contribution in [3.05, 3.63) is 24.3 Å². The lowest BCUT2D eigenvalue weighted by molar-refractivity contribution is -0.147. The van der Waals surface area contributed by atoms with Crippen LogP contribution in [0.25, 0.3) is 0 Å². The van der Waals surface area contributed by atoms with Crippen LogP contribution in [0, 0.1) is 0 Å². The molecule has 6 nitrogen and oxygen atoms in total. The Bertz CT molecular complexity index is 459. The molecule has 1 aromatic carbocycles. The highest BCUT2D eigenvalue weighted by atomic mass is 16.5. The summed E-state index contributed by atoms with van der Waals surface area (Å²) in [5.74, 6) is -0.554. The normalized spacial score (nSPS) is 10.2. The number of esters is 1. The van der Waals surface area contributed by atoms with Crippen LogP contribution >= 0.6 is 0 Å². The summed E-state index contributed by atoms with van der Waals surface area (Å²) in [5, 5.41) is 0. The highest BCUT2D eigenvalue weighted by Gasteiger charge is 2.10. The van der Waals surface area contributed by atoms with Crippen LogP contribution in [-0.4, -0.2) is 45.2 Å². The van der Waals surface area contributed by atoms with E-state index in [9.17, 15) is 9.59 Å². The maximum absolute atomic E-state index is 11.6. The topological polar surface area (TPSA) is 81.9 Å². The third-order valence-electron chi connectivity index (χ3n) is 2.85. The molecule has 21 heavy (non-hydrogen) atoms. The number of ether oxygens (including phenoxy) is 2. The van der Waals surface area contributed by atoms with Gasteiger partial charge in [-0.3, -0.25) is 9.59 Å². The minimum atomic E-state index is -0.386. The molecule has 0 aliphatic rings. The number of hydrogen-bond donors (Lipinski definition) is 1. The molecule has 0 saturated carbocycles. The predicted molar refractivity (Wildman–Crippen MR) is 81.2 cm³/mol. The molecular formula is C15H22N2O4. The molecule has 0 aromatic heterocycles. The number of benzene rings is 1. The maximum atomic E-state index is 11.6. The van der Waals surface area contributed by atoms with E-state index in [1.54, 1.807) is 7.11 Å². The Morgan fingerprint density at radius 3 is 2.43 bits per heavy atom. The van der Waals surface area contributed by atoms with Gasteiger partial charge in [-0.15, -0.1) is 0 Å². The summed E-state index contributed by atoms with van der Waals surface area (Å²) < 4.78 is 9.92. The lowest BCUT2D eigenvalue weighted by Gasteiger charge is -2.24. The molecule has 1 aromatic rings. The summed E-state index contributed by atoms with van der Waals surface area (Å²) in [6.07, 6.45) is 0.210. The molecule has 0 bridgehead atoms. The molecule has 0 atom stereocenters. The Hall–Kier alpha value is -2.08. The summed E-state index contributed by atoms with van der Waals surface area (Å²) in [4.78, 5) is 24.3. The molecule has 0 amide bonds. The van der Waals surface area contributed by atoms with Gasteiger partial charge in [0.1, 0.15) is 6.61 Å². The number of hydrogen-bond acceptors (Lipinski definition) is 6. The lowest BCUT2D eigenvalue weighted by Crippen LogP contribution is -2.30. The standard InChI is InChI=1S/C15H22N2O4/c1-12(18)11-21-15(19)7-8-17(9-10-20-2)14-5-3-13(16)4-6-14/h3-6H,7-11,16H2,1-2H3. The lowest BCUT2D eigenvalue weighted by atomic mass is 10.2. The number of carbonyl (C=O) groups is 2. The largest absolute Gasteiger partial charge is 0.458 e. The molecule has 6 heteroatoms. The van der Waals surface area contributed by atoms with Crippen LogP contribution in [0.1, 0.15) is 13.3 Å². The van der Waals surface area contributed by atoms with Crippen LogP contribution in [0.4, 0.5) is 11.4 Å². The van der Waals surface area contributed by atoms with Gasteiger partial charge in [-0.05, 0) is 31.2 Å². The minimum absolute atomic E-state index is 0.168. The molecule has 0 aliphatic carbocycles. The summed E-state index contributed by atoms with van der Waals surface area (Å²) in [6.45, 7) is 2.91. The van der Waals surface area contributed by atoms with Gasteiger partial charge in [0.2, 0.25) is 0 Å². The van der Waals surface area contributed by atoms with Crippen LogP contribution in [-0.2, 0) is 19.1 Å². The van der Waals surface area contributed by atoms with Crippen LogP contribution < -0.4 is 10.6 Å². The van der Waals surface area contributed by atoms with Crippen LogP contribution in [0.15, 0.2) is 24.3 Å². The van der Waals surface area contributed by atoms with Crippen molar-refractivity contribution in [2.45, 2.75) is 13.3 Å². The van der Waals surface area contributed by atoms with E-state index in [4.69, 9.17) is 15.2 Å². The van der Waals surface area contributed by atoms with E-state index < -0.39 is 0 Å². The van der Waals surface area contributed by atoms with Gasteiger partial charge in [-0.25, -0.2) is 0 Å². The van der Waals surface area contributed by atoms with E-state index in [1.165, 1.54) is 6.92 Å². The third-order valence-corrected chi connectivity index (χ3v) is 2.85. The third kappa shape index (κ3) is 6.76. The van der Waals surface area contributed by atoms with Crippen molar-refractivity contribution in [3.63, 3.8) is 0 Å². The maximum Gasteiger partial charge on any atom is 0.308 e. The van der Waals surface area contributed by atoms with Gasteiger partial charge in [-0.1, -0.05) is 0 Å². The molecule has 116 valence electrons. The average Bonchev–Trinajstić information content (AvgIpc) is 2.46. The monoisotopic (exact) mass is 294 g/mol. The quantitative estimate of drug-likeness (QED) is 0.545. The van der Waals surface area contributed by atoms with Gasteiger partial charge in [0.25, 0.3) is 0 Å². The number of methoxy groups -OCH3 is 1. The zero-order valence-electron chi connectivity index (χ0n) is 12.5. The van der Waals surface area contributed by atoms with Crippen molar-refractivity contribution in [2.24, 2.45) is 0 Å². The molecule has 0 spiro atoms. The zero-order valence-corrected chi connectivity index (χ0v) is 12.5. The highest BCUT2D eigenvalue weighted by Crippen LogP contribution is 2.16. The first kappa shape index (κ1) is 17.0. The number of carbonyl (C=O) groups excluding carboxylic acids is 2. The fourth-order valence-corrected chi connectivity index (χ4v) is 1.74. The van der Waals surface area contributed by atoms with Crippen molar-refractivity contribution in [3.8, 4) is 0 Å². The second kappa shape index (κ2) is 8.97. The van der Waals surface area contributed by atoms with Crippen LogP contribution in [0.5, 0.6) is 0 Å². The van der Waals surface area contributed by atoms with Crippen molar-refractivity contribution >= 4 is 23.1 Å². The SMILES string of the molecule is COCCN(CCC(=O)OCC(C)=O)c1ccc(N)cc1. The Kier molecular flexibility index (Phi) is 7.25. The van der Waals surface area contributed by atoms with Crippen LogP contribution in [0.2, 0.25) is 0 Å². The predicted octanol–water partition coefficient (Wildman–Crippen LogP) is 1.24. The van der Waals surface area contributed by atoms with E-state index in [1.807, 2.05) is 29.2 Å². The molecule has 0 saturated heterocycles. The first-order valence-corrected chi connectivity index (χ1v) is 6.77. The van der Waals surface area contributed by atoms with E-state index in [0.717, 1.165) is 5.69 Å². The Morgan fingerprint density at radius 2 is 1.86 bits per heavy atom. The van der Waals surface area contributed by atoms with Gasteiger partial charge in [0.15, 0.2) is 5.78 Å². The van der Waals surface area contributed by atoms with Crippen molar-refractivity contribution in [1.29, 1.82) is 0 Å². The number of ketones is 1. The molecule has 2 N–H and O–H groups in total. The van der Waals surface area contributed by atoms with E-state index in [0.29, 0.717) is 25.4 Å². The number of nitrogens with zero attached hydrogens (tertiary/aromatic N) is 1. The molecule has 0 heterocycles. The molecule has 0 aliphatic heterocycles. The van der Waals surface area contributed by atoms with Gasteiger partial charge in [0, 0.05) is 31.6 Å². The smallest absolute Gasteiger partial charge is 0.308 e. The number of nitrogens with two attached hydrogens (primary N) is 1. The van der Waals surface area contributed by atoms with Crippen molar-refractivity contribution < 1.29 is 19.1 Å². The first-order chi connectivity index (χ1) is 10.0. The number of anilines is 2. The van der Waals surface area contributed by atoms with E-state index >= 15 is 0 Å². The van der Waals surface area contributed by atoms with Gasteiger partial charge >= 0.3 is 5.97 Å². The second-order valence-electron chi connectivity index (χ2n) is 4.68. The number of nitrogen functional groups attached to an aromatic ring is 1.